The van der Waals surface area contributed by atoms with Crippen molar-refractivity contribution < 1.29 is 0 Å². The first-order valence-electron chi connectivity index (χ1n) is 4.27. The molecule has 1 atom stereocenters. The standard InChI is InChI=1S/C9H7Br2ClN2S2/c10-6-3-4(9(11)16-6)7(14-13)8-5(12)1-2-15-8/h1-3,7,14H,13H2. The van der Waals surface area contributed by atoms with Crippen LogP contribution in [0.2, 0.25) is 5.02 Å². The number of hydrogen-bond donors (Lipinski definition) is 2. The SMILES string of the molecule is NNC(c1cc(Br)sc1Br)c1sccc1Cl. The maximum Gasteiger partial charge on any atom is 0.0837 e. The maximum atomic E-state index is 6.11. The summed E-state index contributed by atoms with van der Waals surface area (Å²) in [7, 11) is 0. The zero-order valence-corrected chi connectivity index (χ0v) is 13.4. The van der Waals surface area contributed by atoms with Crippen molar-refractivity contribution in [2.45, 2.75) is 6.04 Å². The van der Waals surface area contributed by atoms with Crippen molar-refractivity contribution >= 4 is 66.1 Å². The fraction of sp³-hybridized carbons (Fsp3) is 0.111. The zero-order valence-electron chi connectivity index (χ0n) is 7.84. The van der Waals surface area contributed by atoms with Gasteiger partial charge in [0, 0.05) is 10.4 Å². The molecule has 3 N–H and O–H groups in total. The number of hydrazine groups is 1. The molecule has 2 aromatic heterocycles. The van der Waals surface area contributed by atoms with Crippen molar-refractivity contribution in [3.63, 3.8) is 0 Å². The number of rotatable bonds is 3. The summed E-state index contributed by atoms with van der Waals surface area (Å²) in [6.07, 6.45) is 0. The Morgan fingerprint density at radius 1 is 1.44 bits per heavy atom. The Morgan fingerprint density at radius 3 is 2.62 bits per heavy atom. The van der Waals surface area contributed by atoms with E-state index < -0.39 is 0 Å². The van der Waals surface area contributed by atoms with E-state index in [9.17, 15) is 0 Å². The first-order valence-corrected chi connectivity index (χ1v) is 7.93. The molecule has 0 saturated carbocycles. The first kappa shape index (κ1) is 13.0. The van der Waals surface area contributed by atoms with Gasteiger partial charge in [-0.3, -0.25) is 5.84 Å². The molecule has 86 valence electrons. The number of thiophene rings is 2. The van der Waals surface area contributed by atoms with Gasteiger partial charge in [-0.05, 0) is 49.4 Å². The second-order valence-electron chi connectivity index (χ2n) is 3.01. The van der Waals surface area contributed by atoms with Crippen LogP contribution in [0.25, 0.3) is 0 Å². The Labute approximate surface area is 123 Å². The van der Waals surface area contributed by atoms with Crippen molar-refractivity contribution in [1.29, 1.82) is 0 Å². The average Bonchev–Trinajstić information content (AvgIpc) is 2.77. The van der Waals surface area contributed by atoms with Crippen LogP contribution in [0.3, 0.4) is 0 Å². The molecule has 1 unspecified atom stereocenters. The van der Waals surface area contributed by atoms with Crippen LogP contribution in [-0.2, 0) is 0 Å². The molecule has 0 radical (unpaired) electrons. The van der Waals surface area contributed by atoms with Crippen molar-refractivity contribution in [1.82, 2.24) is 5.43 Å². The van der Waals surface area contributed by atoms with E-state index in [1.807, 2.05) is 17.5 Å². The predicted octanol–water partition coefficient (Wildman–Crippen LogP) is 4.54. The van der Waals surface area contributed by atoms with E-state index in [1.165, 1.54) is 0 Å². The minimum atomic E-state index is -0.0792. The van der Waals surface area contributed by atoms with Gasteiger partial charge in [0.05, 0.1) is 18.6 Å². The highest BCUT2D eigenvalue weighted by molar-refractivity contribution is 9.12. The minimum Gasteiger partial charge on any atom is -0.271 e. The summed E-state index contributed by atoms with van der Waals surface area (Å²) in [5.41, 5.74) is 3.88. The summed E-state index contributed by atoms with van der Waals surface area (Å²) >= 11 is 16.3. The van der Waals surface area contributed by atoms with Crippen molar-refractivity contribution in [2.75, 3.05) is 0 Å². The second kappa shape index (κ2) is 5.48. The van der Waals surface area contributed by atoms with Crippen molar-refractivity contribution in [3.8, 4) is 0 Å². The molecule has 0 amide bonds. The smallest absolute Gasteiger partial charge is 0.0837 e. The Kier molecular flexibility index (Phi) is 4.45. The molecular weight excluding hydrogens is 396 g/mol. The maximum absolute atomic E-state index is 6.11. The molecular formula is C9H7Br2ClN2S2. The van der Waals surface area contributed by atoms with E-state index in [0.29, 0.717) is 0 Å². The van der Waals surface area contributed by atoms with Crippen LogP contribution in [0, 0.1) is 0 Å². The van der Waals surface area contributed by atoms with E-state index in [4.69, 9.17) is 17.4 Å². The second-order valence-corrected chi connectivity index (χ2v) is 8.12. The van der Waals surface area contributed by atoms with Gasteiger partial charge in [0.15, 0.2) is 0 Å². The van der Waals surface area contributed by atoms with Crippen LogP contribution < -0.4 is 11.3 Å². The van der Waals surface area contributed by atoms with Gasteiger partial charge in [0.1, 0.15) is 0 Å². The molecule has 0 spiro atoms. The third kappa shape index (κ3) is 2.53. The molecule has 0 bridgehead atoms. The highest BCUT2D eigenvalue weighted by Gasteiger charge is 2.21. The lowest BCUT2D eigenvalue weighted by Crippen LogP contribution is -2.28. The third-order valence-corrected chi connectivity index (χ3v) is 5.88. The summed E-state index contributed by atoms with van der Waals surface area (Å²) < 4.78 is 2.11. The molecule has 0 saturated heterocycles. The van der Waals surface area contributed by atoms with Gasteiger partial charge in [-0.1, -0.05) is 11.6 Å². The van der Waals surface area contributed by atoms with Gasteiger partial charge in [-0.15, -0.1) is 22.7 Å². The van der Waals surface area contributed by atoms with E-state index in [-0.39, 0.29) is 6.04 Å². The van der Waals surface area contributed by atoms with Crippen LogP contribution in [0.15, 0.2) is 25.1 Å². The van der Waals surface area contributed by atoms with E-state index >= 15 is 0 Å². The lowest BCUT2D eigenvalue weighted by Gasteiger charge is -2.14. The van der Waals surface area contributed by atoms with Crippen LogP contribution in [0.4, 0.5) is 0 Å². The molecule has 2 aromatic rings. The molecule has 0 aromatic carbocycles. The molecule has 7 heteroatoms. The van der Waals surface area contributed by atoms with Gasteiger partial charge in [0.2, 0.25) is 0 Å². The molecule has 2 rings (SSSR count). The number of halogens is 3. The van der Waals surface area contributed by atoms with Crippen LogP contribution in [0.5, 0.6) is 0 Å². The third-order valence-electron chi connectivity index (χ3n) is 2.07. The number of nitrogens with one attached hydrogen (secondary N) is 1. The predicted molar refractivity (Wildman–Crippen MR) is 78.2 cm³/mol. The molecule has 0 fully saturated rings. The van der Waals surface area contributed by atoms with Gasteiger partial charge >= 0.3 is 0 Å². The fourth-order valence-corrected chi connectivity index (χ4v) is 5.51. The van der Waals surface area contributed by atoms with Crippen LogP contribution in [-0.4, -0.2) is 0 Å². The molecule has 0 aliphatic carbocycles. The molecule has 2 nitrogen and oxygen atoms in total. The summed E-state index contributed by atoms with van der Waals surface area (Å²) in [6.45, 7) is 0. The Hall–Kier alpha value is 0.570. The quantitative estimate of drug-likeness (QED) is 0.584. The highest BCUT2D eigenvalue weighted by Crippen LogP contribution is 2.40. The molecule has 0 aliphatic rings. The summed E-state index contributed by atoms with van der Waals surface area (Å²) in [6, 6.07) is 3.83. The lowest BCUT2D eigenvalue weighted by atomic mass is 10.1. The van der Waals surface area contributed by atoms with Crippen molar-refractivity contribution in [3.05, 3.63) is 40.5 Å². The summed E-state index contributed by atoms with van der Waals surface area (Å²) in [4.78, 5) is 1.02. The first-order chi connectivity index (χ1) is 7.63. The van der Waals surface area contributed by atoms with E-state index in [0.717, 1.165) is 23.0 Å². The molecule has 2 heterocycles. The normalized spacial score (nSPS) is 13.0. The topological polar surface area (TPSA) is 38.0 Å². The monoisotopic (exact) mass is 400 g/mol. The van der Waals surface area contributed by atoms with Crippen molar-refractivity contribution in [2.24, 2.45) is 5.84 Å². The van der Waals surface area contributed by atoms with Gasteiger partial charge < -0.3 is 0 Å². The Bertz CT molecular complexity index is 497. The number of hydrogen-bond acceptors (Lipinski definition) is 4. The Morgan fingerprint density at radius 2 is 2.19 bits per heavy atom. The summed E-state index contributed by atoms with van der Waals surface area (Å²) in [5, 5.41) is 2.69. The Balaban J connectivity index is 2.44. The molecule has 0 aliphatic heterocycles. The highest BCUT2D eigenvalue weighted by atomic mass is 79.9. The van der Waals surface area contributed by atoms with E-state index in [1.54, 1.807) is 22.7 Å². The zero-order chi connectivity index (χ0) is 11.7. The largest absolute Gasteiger partial charge is 0.271 e. The summed E-state index contributed by atoms with van der Waals surface area (Å²) in [5.74, 6) is 5.61. The van der Waals surface area contributed by atoms with Crippen LogP contribution in [0.1, 0.15) is 16.5 Å². The average molecular weight is 403 g/mol. The van der Waals surface area contributed by atoms with Crippen LogP contribution >= 0.6 is 66.1 Å². The van der Waals surface area contributed by atoms with Gasteiger partial charge in [-0.2, -0.15) is 0 Å². The lowest BCUT2D eigenvalue weighted by molar-refractivity contribution is 0.646. The van der Waals surface area contributed by atoms with Gasteiger partial charge in [-0.25, -0.2) is 5.43 Å². The number of nitrogens with two attached hydrogens (primary N) is 1. The minimum absolute atomic E-state index is 0.0792. The van der Waals surface area contributed by atoms with E-state index in [2.05, 4.69) is 37.3 Å². The molecule has 16 heavy (non-hydrogen) atoms. The fourth-order valence-electron chi connectivity index (χ4n) is 1.37. The van der Waals surface area contributed by atoms with Gasteiger partial charge in [0.25, 0.3) is 0 Å².